The number of carbonyl (C=O) groups is 4. The molecule has 0 unspecified atom stereocenters. The lowest BCUT2D eigenvalue weighted by molar-refractivity contribution is -0.115. The number of amides is 3. The highest BCUT2D eigenvalue weighted by Crippen LogP contribution is 2.21. The summed E-state index contributed by atoms with van der Waals surface area (Å²) in [6.45, 7) is 3.23. The lowest BCUT2D eigenvalue weighted by Crippen LogP contribution is -2.36. The van der Waals surface area contributed by atoms with Crippen LogP contribution in [0.25, 0.3) is 0 Å². The number of esters is 1. The van der Waals surface area contributed by atoms with E-state index in [0.717, 1.165) is 0 Å². The van der Waals surface area contributed by atoms with Crippen molar-refractivity contribution in [2.24, 2.45) is 0 Å². The highest BCUT2D eigenvalue weighted by molar-refractivity contribution is 7.12. The van der Waals surface area contributed by atoms with Crippen molar-refractivity contribution < 1.29 is 23.9 Å². The second-order valence-electron chi connectivity index (χ2n) is 6.68. The Morgan fingerprint density at radius 2 is 1.79 bits per heavy atom. The van der Waals surface area contributed by atoms with E-state index in [1.165, 1.54) is 23.5 Å². The fourth-order valence-electron chi connectivity index (χ4n) is 2.80. The summed E-state index contributed by atoms with van der Waals surface area (Å²) in [6, 6.07) is 15.7. The highest BCUT2D eigenvalue weighted by atomic mass is 32.1. The van der Waals surface area contributed by atoms with Crippen molar-refractivity contribution in [2.45, 2.75) is 0 Å². The molecule has 9 heteroatoms. The van der Waals surface area contributed by atoms with Gasteiger partial charge in [-0.2, -0.15) is 0 Å². The molecule has 3 N–H and O–H groups in total. The second kappa shape index (κ2) is 11.4. The van der Waals surface area contributed by atoms with Gasteiger partial charge in [-0.25, -0.2) is 9.59 Å². The van der Waals surface area contributed by atoms with Crippen LogP contribution in [0.15, 0.2) is 78.7 Å². The van der Waals surface area contributed by atoms with Gasteiger partial charge in [0.25, 0.3) is 0 Å². The van der Waals surface area contributed by atoms with E-state index in [2.05, 4.69) is 22.5 Å². The zero-order valence-electron chi connectivity index (χ0n) is 17.5. The minimum absolute atomic E-state index is 0.0775. The molecule has 8 nitrogen and oxygen atoms in total. The first-order chi connectivity index (χ1) is 16.0. The molecule has 0 atom stereocenters. The van der Waals surface area contributed by atoms with Gasteiger partial charge in [0.1, 0.15) is 6.61 Å². The van der Waals surface area contributed by atoms with E-state index in [0.29, 0.717) is 21.8 Å². The first-order valence-electron chi connectivity index (χ1n) is 9.88. The third kappa shape index (κ3) is 6.62. The number of carbonyl (C=O) groups excluding carboxylic acids is 4. The molecule has 3 rings (SSSR count). The van der Waals surface area contributed by atoms with Crippen molar-refractivity contribution in [1.82, 2.24) is 5.32 Å². The van der Waals surface area contributed by atoms with Crippen LogP contribution in [0.3, 0.4) is 0 Å². The van der Waals surface area contributed by atoms with Crippen LogP contribution in [0.4, 0.5) is 16.2 Å². The number of hydrogen-bond donors (Lipinski definition) is 3. The predicted octanol–water partition coefficient (Wildman–Crippen LogP) is 4.08. The molecular formula is C24H21N3O5S. The maximum atomic E-state index is 12.7. The Morgan fingerprint density at radius 3 is 2.55 bits per heavy atom. The van der Waals surface area contributed by atoms with Crippen molar-refractivity contribution in [3.8, 4) is 0 Å². The summed E-state index contributed by atoms with van der Waals surface area (Å²) < 4.78 is 4.96. The molecule has 0 aliphatic rings. The fraction of sp³-hybridized carbons (Fsp3) is 0.0833. The van der Waals surface area contributed by atoms with Gasteiger partial charge in [-0.1, -0.05) is 36.9 Å². The van der Waals surface area contributed by atoms with Gasteiger partial charge < -0.3 is 20.7 Å². The normalized spacial score (nSPS) is 10.1. The van der Waals surface area contributed by atoms with Crippen molar-refractivity contribution >= 4 is 46.4 Å². The average Bonchev–Trinajstić information content (AvgIpc) is 3.36. The van der Waals surface area contributed by atoms with Crippen LogP contribution in [0, 0.1) is 0 Å². The highest BCUT2D eigenvalue weighted by Gasteiger charge is 2.16. The first kappa shape index (κ1) is 23.4. The maximum Gasteiger partial charge on any atom is 0.338 e. The minimum atomic E-state index is -0.635. The Balaban J connectivity index is 1.55. The minimum Gasteiger partial charge on any atom is -0.458 e. The smallest absolute Gasteiger partial charge is 0.338 e. The molecule has 0 saturated carbocycles. The number of benzene rings is 2. The molecule has 0 bridgehead atoms. The van der Waals surface area contributed by atoms with Gasteiger partial charge in [0.05, 0.1) is 22.7 Å². The molecule has 3 amide bonds. The summed E-state index contributed by atoms with van der Waals surface area (Å²) in [6.07, 6.45) is 1.45. The van der Waals surface area contributed by atoms with E-state index in [1.807, 2.05) is 0 Å². The fourth-order valence-corrected chi connectivity index (χ4v) is 3.48. The molecule has 2 aromatic carbocycles. The van der Waals surface area contributed by atoms with Crippen LogP contribution in [0.1, 0.15) is 25.6 Å². The summed E-state index contributed by atoms with van der Waals surface area (Å²) in [7, 11) is 0. The van der Waals surface area contributed by atoms with Gasteiger partial charge >= 0.3 is 12.0 Å². The number of hydrogen-bond acceptors (Lipinski definition) is 6. The Morgan fingerprint density at radius 1 is 0.970 bits per heavy atom. The molecule has 33 heavy (non-hydrogen) atoms. The zero-order valence-corrected chi connectivity index (χ0v) is 18.3. The molecule has 0 spiro atoms. The van der Waals surface area contributed by atoms with Crippen LogP contribution in [0.5, 0.6) is 0 Å². The first-order valence-corrected chi connectivity index (χ1v) is 10.8. The van der Waals surface area contributed by atoms with Crippen molar-refractivity contribution in [3.05, 3.63) is 94.7 Å². The Kier molecular flexibility index (Phi) is 8.09. The summed E-state index contributed by atoms with van der Waals surface area (Å²) in [4.78, 5) is 49.6. The summed E-state index contributed by atoms with van der Waals surface area (Å²) in [5, 5.41) is 9.44. The standard InChI is InChI=1S/C24H21N3O5S/c1-2-12-32-23(30)16-7-5-8-17(14-16)26-24(31)25-15-21(28)27-19-10-4-3-9-18(19)22(29)20-11-6-13-33-20/h2-11,13-14H,1,12,15H2,(H,27,28)(H2,25,26,31). The number of anilines is 2. The lowest BCUT2D eigenvalue weighted by atomic mass is 10.1. The number of ether oxygens (including phenoxy) is 1. The number of urea groups is 1. The van der Waals surface area contributed by atoms with Crippen LogP contribution in [-0.4, -0.2) is 36.8 Å². The van der Waals surface area contributed by atoms with Crippen LogP contribution in [0.2, 0.25) is 0 Å². The maximum absolute atomic E-state index is 12.7. The van der Waals surface area contributed by atoms with Gasteiger partial charge in [0, 0.05) is 11.3 Å². The molecule has 0 fully saturated rings. The Bertz CT molecular complexity index is 1170. The number of ketones is 1. The zero-order chi connectivity index (χ0) is 23.6. The third-order valence-electron chi connectivity index (χ3n) is 4.29. The molecule has 1 heterocycles. The van der Waals surface area contributed by atoms with E-state index in [1.54, 1.807) is 60.0 Å². The van der Waals surface area contributed by atoms with Crippen LogP contribution >= 0.6 is 11.3 Å². The van der Waals surface area contributed by atoms with E-state index in [-0.39, 0.29) is 24.5 Å². The van der Waals surface area contributed by atoms with Gasteiger partial charge in [0.15, 0.2) is 0 Å². The summed E-state index contributed by atoms with van der Waals surface area (Å²) in [5.74, 6) is -1.24. The van der Waals surface area contributed by atoms with Gasteiger partial charge in [-0.05, 0) is 41.8 Å². The molecule has 0 aliphatic carbocycles. The number of para-hydroxylation sites is 1. The molecule has 0 aliphatic heterocycles. The van der Waals surface area contributed by atoms with Crippen molar-refractivity contribution in [1.29, 1.82) is 0 Å². The molecular weight excluding hydrogens is 442 g/mol. The number of thiophene rings is 1. The monoisotopic (exact) mass is 463 g/mol. The van der Waals surface area contributed by atoms with Crippen LogP contribution in [-0.2, 0) is 9.53 Å². The largest absolute Gasteiger partial charge is 0.458 e. The number of rotatable bonds is 9. The van der Waals surface area contributed by atoms with E-state index in [9.17, 15) is 19.2 Å². The lowest BCUT2D eigenvalue weighted by Gasteiger charge is -2.11. The van der Waals surface area contributed by atoms with E-state index in [4.69, 9.17) is 4.74 Å². The Labute approximate surface area is 194 Å². The molecule has 0 radical (unpaired) electrons. The molecule has 168 valence electrons. The molecule has 3 aromatic rings. The Hall–Kier alpha value is -4.24. The van der Waals surface area contributed by atoms with Crippen molar-refractivity contribution in [3.63, 3.8) is 0 Å². The van der Waals surface area contributed by atoms with E-state index < -0.39 is 17.9 Å². The average molecular weight is 464 g/mol. The predicted molar refractivity (Wildman–Crippen MR) is 127 cm³/mol. The quantitative estimate of drug-likeness (QED) is 0.251. The third-order valence-corrected chi connectivity index (χ3v) is 5.16. The second-order valence-corrected chi connectivity index (χ2v) is 7.62. The van der Waals surface area contributed by atoms with Crippen molar-refractivity contribution in [2.75, 3.05) is 23.8 Å². The topological polar surface area (TPSA) is 114 Å². The summed E-state index contributed by atoms with van der Waals surface area (Å²) >= 11 is 1.31. The van der Waals surface area contributed by atoms with Crippen LogP contribution < -0.4 is 16.0 Å². The van der Waals surface area contributed by atoms with Gasteiger partial charge in [0.2, 0.25) is 11.7 Å². The molecule has 1 aromatic heterocycles. The SMILES string of the molecule is C=CCOC(=O)c1cccc(NC(=O)NCC(=O)Nc2ccccc2C(=O)c2cccs2)c1. The van der Waals surface area contributed by atoms with E-state index >= 15 is 0 Å². The van der Waals surface area contributed by atoms with Gasteiger partial charge in [-0.15, -0.1) is 11.3 Å². The van der Waals surface area contributed by atoms with Gasteiger partial charge in [-0.3, -0.25) is 9.59 Å². The summed E-state index contributed by atoms with van der Waals surface area (Å²) in [5.41, 5.74) is 1.33. The molecule has 0 saturated heterocycles. The number of nitrogens with one attached hydrogen (secondary N) is 3.